The summed E-state index contributed by atoms with van der Waals surface area (Å²) in [6.07, 6.45) is 0. The third-order valence-corrected chi connectivity index (χ3v) is 3.33. The Morgan fingerprint density at radius 2 is 2.16 bits per heavy atom. The first-order valence-corrected chi connectivity index (χ1v) is 5.90. The molecule has 0 spiro atoms. The van der Waals surface area contributed by atoms with Crippen LogP contribution in [-0.2, 0) is 13.6 Å². The van der Waals surface area contributed by atoms with Gasteiger partial charge in [0.25, 0.3) is 5.56 Å². The second kappa shape index (κ2) is 4.89. The number of aromatic nitrogens is 3. The van der Waals surface area contributed by atoms with E-state index in [0.717, 1.165) is 4.57 Å². The summed E-state index contributed by atoms with van der Waals surface area (Å²) in [5, 5.41) is 13.7. The van der Waals surface area contributed by atoms with Crippen LogP contribution in [0.15, 0.2) is 23.0 Å². The summed E-state index contributed by atoms with van der Waals surface area (Å²) in [7, 11) is 1.70. The van der Waals surface area contributed by atoms with Gasteiger partial charge in [0.05, 0.1) is 23.0 Å². The maximum absolute atomic E-state index is 11.8. The lowest BCUT2D eigenvalue weighted by Gasteiger charge is -2.10. The third kappa shape index (κ3) is 2.39. The average Bonchev–Trinajstić information content (AvgIpc) is 2.57. The van der Waals surface area contributed by atoms with E-state index in [9.17, 15) is 9.59 Å². The molecule has 6 nitrogen and oxygen atoms in total. The fourth-order valence-electron chi connectivity index (χ4n) is 1.87. The summed E-state index contributed by atoms with van der Waals surface area (Å²) in [6.45, 7) is 1.81. The molecule has 0 saturated heterocycles. The predicted molar refractivity (Wildman–Crippen MR) is 69.7 cm³/mol. The summed E-state index contributed by atoms with van der Waals surface area (Å²) < 4.78 is 2.70. The highest BCUT2D eigenvalue weighted by atomic mass is 35.5. The van der Waals surface area contributed by atoms with Crippen molar-refractivity contribution in [2.45, 2.75) is 13.5 Å². The van der Waals surface area contributed by atoms with E-state index >= 15 is 0 Å². The molecule has 0 bridgehead atoms. The van der Waals surface area contributed by atoms with Crippen LogP contribution in [-0.4, -0.2) is 25.4 Å². The molecule has 2 aromatic rings. The van der Waals surface area contributed by atoms with E-state index in [-0.39, 0.29) is 12.2 Å². The number of rotatable bonds is 3. The Kier molecular flexibility index (Phi) is 3.44. The molecule has 1 N–H and O–H groups in total. The summed E-state index contributed by atoms with van der Waals surface area (Å²) in [5.41, 5.74) is 0.757. The maximum Gasteiger partial charge on any atom is 0.352 e. The van der Waals surface area contributed by atoms with Crippen molar-refractivity contribution < 1.29 is 9.90 Å². The molecule has 2 heterocycles. The van der Waals surface area contributed by atoms with Gasteiger partial charge >= 0.3 is 5.97 Å². The number of nitrogens with zero attached hydrogens (tertiary/aromatic N) is 3. The number of hydrogen-bond donors (Lipinski definition) is 1. The summed E-state index contributed by atoms with van der Waals surface area (Å²) in [4.78, 5) is 22.9. The number of aryl methyl sites for hydroxylation is 2. The van der Waals surface area contributed by atoms with Crippen molar-refractivity contribution in [1.82, 2.24) is 14.3 Å². The number of hydrogen-bond acceptors (Lipinski definition) is 3. The zero-order chi connectivity index (χ0) is 14.2. The minimum atomic E-state index is -1.16. The summed E-state index contributed by atoms with van der Waals surface area (Å²) in [6, 6.07) is 4.10. The summed E-state index contributed by atoms with van der Waals surface area (Å²) >= 11 is 6.10. The molecular weight excluding hydrogens is 270 g/mol. The molecule has 0 atom stereocenters. The predicted octanol–water partition coefficient (Wildman–Crippen LogP) is 1.29. The standard InChI is InChI=1S/C12H12ClN3O3/c1-7-11(13)9(15(2)14-7)6-16-8(12(18)19)4-3-5-10(16)17/h3-5H,6H2,1-2H3,(H,18,19). The smallest absolute Gasteiger partial charge is 0.352 e. The van der Waals surface area contributed by atoms with Crippen molar-refractivity contribution in [1.29, 1.82) is 0 Å². The Hall–Kier alpha value is -2.08. The first-order chi connectivity index (χ1) is 8.91. The lowest BCUT2D eigenvalue weighted by atomic mass is 10.3. The van der Waals surface area contributed by atoms with E-state index in [1.54, 1.807) is 18.7 Å². The zero-order valence-corrected chi connectivity index (χ0v) is 11.2. The largest absolute Gasteiger partial charge is 0.477 e. The van der Waals surface area contributed by atoms with Crippen LogP contribution in [0.5, 0.6) is 0 Å². The number of carbonyl (C=O) groups is 1. The van der Waals surface area contributed by atoms with Gasteiger partial charge in [0.1, 0.15) is 5.69 Å². The molecule has 0 saturated carbocycles. The average molecular weight is 282 g/mol. The molecule has 0 fully saturated rings. The molecule has 100 valence electrons. The molecule has 2 aromatic heterocycles. The molecule has 19 heavy (non-hydrogen) atoms. The normalized spacial score (nSPS) is 10.7. The Bertz CT molecular complexity index is 703. The Morgan fingerprint density at radius 1 is 1.47 bits per heavy atom. The highest BCUT2D eigenvalue weighted by molar-refractivity contribution is 6.31. The molecule has 0 aliphatic carbocycles. The highest BCUT2D eigenvalue weighted by Gasteiger charge is 2.16. The van der Waals surface area contributed by atoms with E-state index in [0.29, 0.717) is 16.4 Å². The van der Waals surface area contributed by atoms with Crippen molar-refractivity contribution in [2.75, 3.05) is 0 Å². The van der Waals surface area contributed by atoms with Crippen LogP contribution in [0, 0.1) is 6.92 Å². The summed E-state index contributed by atoms with van der Waals surface area (Å²) in [5.74, 6) is -1.16. The van der Waals surface area contributed by atoms with E-state index in [2.05, 4.69) is 5.10 Å². The van der Waals surface area contributed by atoms with Crippen molar-refractivity contribution in [3.05, 3.63) is 50.7 Å². The van der Waals surface area contributed by atoms with Gasteiger partial charge < -0.3 is 5.11 Å². The first kappa shape index (κ1) is 13.4. The lowest BCUT2D eigenvalue weighted by molar-refractivity contribution is 0.0684. The molecule has 0 amide bonds. The van der Waals surface area contributed by atoms with Crippen LogP contribution in [0.25, 0.3) is 0 Å². The van der Waals surface area contributed by atoms with Gasteiger partial charge in [-0.1, -0.05) is 17.7 Å². The van der Waals surface area contributed by atoms with E-state index in [1.807, 2.05) is 0 Å². The number of aromatic carboxylic acids is 1. The SMILES string of the molecule is Cc1nn(C)c(Cn2c(C(=O)O)cccc2=O)c1Cl. The lowest BCUT2D eigenvalue weighted by Crippen LogP contribution is -2.26. The van der Waals surface area contributed by atoms with Gasteiger partial charge in [-0.2, -0.15) is 5.10 Å². The van der Waals surface area contributed by atoms with Gasteiger partial charge in [-0.25, -0.2) is 4.79 Å². The van der Waals surface area contributed by atoms with Crippen molar-refractivity contribution in [2.24, 2.45) is 7.05 Å². The minimum absolute atomic E-state index is 0.0669. The molecule has 2 rings (SSSR count). The second-order valence-corrected chi connectivity index (χ2v) is 4.49. The molecule has 0 aromatic carbocycles. The zero-order valence-electron chi connectivity index (χ0n) is 10.4. The number of carboxylic acid groups (broad SMARTS) is 1. The van der Waals surface area contributed by atoms with E-state index < -0.39 is 11.5 Å². The Labute approximate surface area is 113 Å². The molecule has 0 unspecified atom stereocenters. The van der Waals surface area contributed by atoms with E-state index in [4.69, 9.17) is 16.7 Å². The van der Waals surface area contributed by atoms with Crippen molar-refractivity contribution in [3.63, 3.8) is 0 Å². The number of halogens is 1. The van der Waals surface area contributed by atoms with Gasteiger partial charge in [-0.05, 0) is 13.0 Å². The molecular formula is C12H12ClN3O3. The van der Waals surface area contributed by atoms with Crippen molar-refractivity contribution >= 4 is 17.6 Å². The quantitative estimate of drug-likeness (QED) is 0.920. The van der Waals surface area contributed by atoms with Crippen molar-refractivity contribution in [3.8, 4) is 0 Å². The molecule has 0 aliphatic heterocycles. The fourth-order valence-corrected chi connectivity index (χ4v) is 2.09. The monoisotopic (exact) mass is 281 g/mol. The van der Waals surface area contributed by atoms with Gasteiger partial charge in [-0.3, -0.25) is 14.0 Å². The first-order valence-electron chi connectivity index (χ1n) is 5.53. The van der Waals surface area contributed by atoms with Crippen LogP contribution in [0.2, 0.25) is 5.02 Å². The van der Waals surface area contributed by atoms with E-state index in [1.165, 1.54) is 18.2 Å². The highest BCUT2D eigenvalue weighted by Crippen LogP contribution is 2.20. The Balaban J connectivity index is 2.55. The second-order valence-electron chi connectivity index (χ2n) is 4.11. The van der Waals surface area contributed by atoms with Crippen LogP contribution in [0.1, 0.15) is 21.9 Å². The van der Waals surface area contributed by atoms with Crippen LogP contribution in [0.3, 0.4) is 0 Å². The van der Waals surface area contributed by atoms with Crippen LogP contribution in [0.4, 0.5) is 0 Å². The Morgan fingerprint density at radius 3 is 2.68 bits per heavy atom. The minimum Gasteiger partial charge on any atom is -0.477 e. The van der Waals surface area contributed by atoms with Gasteiger partial charge in [0, 0.05) is 13.1 Å². The number of carboxylic acids is 1. The van der Waals surface area contributed by atoms with Crippen LogP contribution >= 0.6 is 11.6 Å². The van der Waals surface area contributed by atoms with Gasteiger partial charge in [0.15, 0.2) is 0 Å². The topological polar surface area (TPSA) is 77.1 Å². The molecule has 0 aliphatic rings. The fraction of sp³-hybridized carbons (Fsp3) is 0.250. The molecule has 0 radical (unpaired) electrons. The maximum atomic E-state index is 11.8. The number of pyridine rings is 1. The van der Waals surface area contributed by atoms with Crippen LogP contribution < -0.4 is 5.56 Å². The third-order valence-electron chi connectivity index (χ3n) is 2.84. The molecule has 7 heteroatoms. The van der Waals surface area contributed by atoms with Gasteiger partial charge in [-0.15, -0.1) is 0 Å². The van der Waals surface area contributed by atoms with Gasteiger partial charge in [0.2, 0.25) is 0 Å².